The summed E-state index contributed by atoms with van der Waals surface area (Å²) < 4.78 is 0. The van der Waals surface area contributed by atoms with Crippen LogP contribution in [-0.4, -0.2) is 21.4 Å². The second-order valence-electron chi connectivity index (χ2n) is 7.88. The average molecular weight is 238 g/mol. The van der Waals surface area contributed by atoms with Crippen molar-refractivity contribution in [2.75, 3.05) is 0 Å². The molecule has 3 aliphatic carbocycles. The number of aliphatic hydroxyl groups is 2. The van der Waals surface area contributed by atoms with Crippen LogP contribution in [0.5, 0.6) is 0 Å². The standard InChI is InChI=1S/C15H26O2/c1-13(2)9-5-7-14(3,16)10-6-8-15(4,17)12(10)11(9)13/h9-12,16-17H,5-8H2,1-4H3/t9-,10-,11+,12-,14-,15-/m1/s1. The van der Waals surface area contributed by atoms with Crippen molar-refractivity contribution >= 4 is 0 Å². The molecule has 98 valence electrons. The van der Waals surface area contributed by atoms with Crippen LogP contribution in [0.1, 0.15) is 53.4 Å². The molecule has 3 rings (SSSR count). The molecule has 0 aromatic rings. The van der Waals surface area contributed by atoms with Gasteiger partial charge in [-0.3, -0.25) is 0 Å². The molecule has 0 aromatic carbocycles. The minimum atomic E-state index is -0.561. The van der Waals surface area contributed by atoms with Gasteiger partial charge in [0.05, 0.1) is 11.2 Å². The van der Waals surface area contributed by atoms with Gasteiger partial charge >= 0.3 is 0 Å². The maximum Gasteiger partial charge on any atom is 0.0654 e. The quantitative estimate of drug-likeness (QED) is 0.681. The lowest BCUT2D eigenvalue weighted by atomic mass is 9.73. The van der Waals surface area contributed by atoms with E-state index in [9.17, 15) is 10.2 Å². The molecular weight excluding hydrogens is 212 g/mol. The fourth-order valence-electron chi connectivity index (χ4n) is 5.25. The van der Waals surface area contributed by atoms with Gasteiger partial charge in [-0.15, -0.1) is 0 Å². The van der Waals surface area contributed by atoms with Gasteiger partial charge in [0, 0.05) is 0 Å². The van der Waals surface area contributed by atoms with E-state index in [1.54, 1.807) is 0 Å². The van der Waals surface area contributed by atoms with Crippen molar-refractivity contribution in [1.29, 1.82) is 0 Å². The molecule has 0 amide bonds. The Balaban J connectivity index is 1.99. The summed E-state index contributed by atoms with van der Waals surface area (Å²) in [6.07, 6.45) is 3.89. The lowest BCUT2D eigenvalue weighted by Gasteiger charge is -2.37. The van der Waals surface area contributed by atoms with Crippen LogP contribution in [0.2, 0.25) is 0 Å². The highest BCUT2D eigenvalue weighted by Crippen LogP contribution is 2.71. The molecule has 3 saturated carbocycles. The van der Waals surface area contributed by atoms with Gasteiger partial charge < -0.3 is 10.2 Å². The molecule has 3 fully saturated rings. The van der Waals surface area contributed by atoms with E-state index in [1.165, 1.54) is 0 Å². The predicted octanol–water partition coefficient (Wildman–Crippen LogP) is 2.58. The molecule has 2 N–H and O–H groups in total. The van der Waals surface area contributed by atoms with Crippen molar-refractivity contribution in [3.8, 4) is 0 Å². The van der Waals surface area contributed by atoms with E-state index in [4.69, 9.17) is 0 Å². The summed E-state index contributed by atoms with van der Waals surface area (Å²) in [5.41, 5.74) is -0.738. The molecule has 2 nitrogen and oxygen atoms in total. The van der Waals surface area contributed by atoms with Crippen LogP contribution < -0.4 is 0 Å². The predicted molar refractivity (Wildman–Crippen MR) is 67.5 cm³/mol. The SMILES string of the molecule is CC1(C)[C@@H]2[C@H]3[C@@H](CC[C@@]3(C)O)[C@](C)(O)CC[C@H]21. The Morgan fingerprint density at radius 1 is 0.765 bits per heavy atom. The van der Waals surface area contributed by atoms with Gasteiger partial charge in [-0.2, -0.15) is 0 Å². The summed E-state index contributed by atoms with van der Waals surface area (Å²) in [4.78, 5) is 0. The molecule has 17 heavy (non-hydrogen) atoms. The van der Waals surface area contributed by atoms with Crippen LogP contribution in [0.3, 0.4) is 0 Å². The third-order valence-electron chi connectivity index (χ3n) is 6.40. The zero-order valence-corrected chi connectivity index (χ0v) is 11.5. The molecule has 2 heteroatoms. The highest BCUT2D eigenvalue weighted by atomic mass is 16.3. The van der Waals surface area contributed by atoms with Crippen LogP contribution in [0.4, 0.5) is 0 Å². The van der Waals surface area contributed by atoms with E-state index in [2.05, 4.69) is 13.8 Å². The summed E-state index contributed by atoms with van der Waals surface area (Å²) in [5.74, 6) is 1.95. The summed E-state index contributed by atoms with van der Waals surface area (Å²) in [6, 6.07) is 0. The molecule has 0 spiro atoms. The van der Waals surface area contributed by atoms with Gasteiger partial charge in [0.2, 0.25) is 0 Å². The van der Waals surface area contributed by atoms with E-state index in [0.717, 1.165) is 25.7 Å². The van der Waals surface area contributed by atoms with Crippen LogP contribution in [-0.2, 0) is 0 Å². The van der Waals surface area contributed by atoms with Gasteiger partial charge in [0.25, 0.3) is 0 Å². The first-order valence-corrected chi connectivity index (χ1v) is 7.13. The monoisotopic (exact) mass is 238 g/mol. The Hall–Kier alpha value is -0.0800. The van der Waals surface area contributed by atoms with Crippen molar-refractivity contribution in [2.45, 2.75) is 64.6 Å². The maximum absolute atomic E-state index is 10.7. The number of hydrogen-bond acceptors (Lipinski definition) is 2. The molecule has 0 heterocycles. The van der Waals surface area contributed by atoms with Gasteiger partial charge in [-0.25, -0.2) is 0 Å². The zero-order valence-electron chi connectivity index (χ0n) is 11.5. The number of hydrogen-bond donors (Lipinski definition) is 2. The van der Waals surface area contributed by atoms with Crippen LogP contribution in [0.25, 0.3) is 0 Å². The Bertz CT molecular complexity index is 343. The minimum absolute atomic E-state index is 0.300. The van der Waals surface area contributed by atoms with Crippen molar-refractivity contribution in [3.05, 3.63) is 0 Å². The van der Waals surface area contributed by atoms with Gasteiger partial charge in [-0.1, -0.05) is 13.8 Å². The molecular formula is C15H26O2. The molecule has 0 saturated heterocycles. The van der Waals surface area contributed by atoms with Crippen molar-refractivity contribution < 1.29 is 10.2 Å². The normalized spacial score (nSPS) is 60.4. The zero-order chi connectivity index (χ0) is 12.6. The van der Waals surface area contributed by atoms with E-state index in [0.29, 0.717) is 29.1 Å². The third-order valence-corrected chi connectivity index (χ3v) is 6.40. The van der Waals surface area contributed by atoms with E-state index < -0.39 is 11.2 Å². The fraction of sp³-hybridized carbons (Fsp3) is 1.00. The topological polar surface area (TPSA) is 40.5 Å². The number of rotatable bonds is 0. The minimum Gasteiger partial charge on any atom is -0.390 e. The molecule has 0 bridgehead atoms. The van der Waals surface area contributed by atoms with E-state index >= 15 is 0 Å². The Kier molecular flexibility index (Phi) is 2.17. The van der Waals surface area contributed by atoms with Crippen LogP contribution in [0.15, 0.2) is 0 Å². The van der Waals surface area contributed by atoms with Gasteiger partial charge in [0.1, 0.15) is 0 Å². The number of fused-ring (bicyclic) bond motifs is 3. The third kappa shape index (κ3) is 1.46. The second-order valence-corrected chi connectivity index (χ2v) is 7.88. The molecule has 6 atom stereocenters. The molecule has 0 aromatic heterocycles. The Labute approximate surface area is 104 Å². The second kappa shape index (κ2) is 3.08. The molecule has 0 aliphatic heterocycles. The summed E-state index contributed by atoms with van der Waals surface area (Å²) in [7, 11) is 0. The first-order chi connectivity index (χ1) is 7.68. The van der Waals surface area contributed by atoms with Crippen molar-refractivity contribution in [2.24, 2.45) is 29.1 Å². The molecule has 0 unspecified atom stereocenters. The lowest BCUT2D eigenvalue weighted by molar-refractivity contribution is -0.0663. The highest BCUT2D eigenvalue weighted by Gasteiger charge is 2.69. The van der Waals surface area contributed by atoms with Crippen molar-refractivity contribution in [1.82, 2.24) is 0 Å². The smallest absolute Gasteiger partial charge is 0.0654 e. The first-order valence-electron chi connectivity index (χ1n) is 7.13. The van der Waals surface area contributed by atoms with Gasteiger partial charge in [-0.05, 0) is 68.6 Å². The maximum atomic E-state index is 10.7. The summed E-state index contributed by atoms with van der Waals surface area (Å²) >= 11 is 0. The van der Waals surface area contributed by atoms with Crippen molar-refractivity contribution in [3.63, 3.8) is 0 Å². The lowest BCUT2D eigenvalue weighted by Crippen LogP contribution is -2.43. The van der Waals surface area contributed by atoms with E-state index in [1.807, 2.05) is 13.8 Å². The molecule has 3 aliphatic rings. The summed E-state index contributed by atoms with van der Waals surface area (Å²) in [6.45, 7) is 8.66. The van der Waals surface area contributed by atoms with Gasteiger partial charge in [0.15, 0.2) is 0 Å². The summed E-state index contributed by atoms with van der Waals surface area (Å²) in [5, 5.41) is 21.3. The average Bonchev–Trinajstić information content (AvgIpc) is 2.59. The Morgan fingerprint density at radius 3 is 1.94 bits per heavy atom. The van der Waals surface area contributed by atoms with E-state index in [-0.39, 0.29) is 0 Å². The largest absolute Gasteiger partial charge is 0.390 e. The van der Waals surface area contributed by atoms with Crippen LogP contribution in [0, 0.1) is 29.1 Å². The molecule has 0 radical (unpaired) electrons. The van der Waals surface area contributed by atoms with Crippen LogP contribution >= 0.6 is 0 Å². The Morgan fingerprint density at radius 2 is 1.29 bits per heavy atom. The highest BCUT2D eigenvalue weighted by molar-refractivity contribution is 5.18. The first kappa shape index (κ1) is 12.0. The fourth-order valence-corrected chi connectivity index (χ4v) is 5.25.